The summed E-state index contributed by atoms with van der Waals surface area (Å²) in [6.45, 7) is 11.8. The molecule has 62 valence electrons. The van der Waals surface area contributed by atoms with Gasteiger partial charge in [-0.15, -0.1) is 0 Å². The van der Waals surface area contributed by atoms with Crippen LogP contribution in [0.3, 0.4) is 0 Å². The molecule has 0 aromatic heterocycles. The van der Waals surface area contributed by atoms with Crippen molar-refractivity contribution in [3.05, 3.63) is 35.1 Å². The van der Waals surface area contributed by atoms with Crippen molar-refractivity contribution in [1.82, 2.24) is 0 Å². The van der Waals surface area contributed by atoms with Crippen molar-refractivity contribution in [3.63, 3.8) is 0 Å². The van der Waals surface area contributed by atoms with E-state index in [9.17, 15) is 0 Å². The minimum absolute atomic E-state index is 0.817. The quantitative estimate of drug-likeness (QED) is 0.603. The lowest BCUT2D eigenvalue weighted by molar-refractivity contribution is 1.23. The fraction of sp³-hybridized carbons (Fsp3) is 0.400. The van der Waals surface area contributed by atoms with Gasteiger partial charge in [0.15, 0.2) is 0 Å². The Balaban J connectivity index is 4.68. The highest BCUT2D eigenvalue weighted by Gasteiger charge is 1.94. The van der Waals surface area contributed by atoms with E-state index in [2.05, 4.69) is 6.58 Å². The van der Waals surface area contributed by atoms with Crippen molar-refractivity contribution in [2.75, 3.05) is 0 Å². The molecule has 0 heterocycles. The van der Waals surface area contributed by atoms with Crippen molar-refractivity contribution in [2.45, 2.75) is 27.7 Å². The molecule has 0 radical (unpaired) electrons. The molecule has 0 atom stereocenters. The molecule has 0 rings (SSSR count). The summed E-state index contributed by atoms with van der Waals surface area (Å²) in [5.74, 6) is 0. The Morgan fingerprint density at radius 3 is 1.91 bits per heavy atom. The SMILES string of the molecule is C=C(C)/C(C)=C(/N)C=C(C)C. The van der Waals surface area contributed by atoms with Crippen molar-refractivity contribution < 1.29 is 0 Å². The highest BCUT2D eigenvalue weighted by molar-refractivity contribution is 5.35. The second-order valence-electron chi connectivity index (χ2n) is 3.08. The smallest absolute Gasteiger partial charge is 0.0345 e. The molecular formula is C10H17N. The van der Waals surface area contributed by atoms with E-state index in [1.807, 2.05) is 33.8 Å². The van der Waals surface area contributed by atoms with E-state index in [0.717, 1.165) is 16.8 Å². The molecule has 0 aromatic carbocycles. The van der Waals surface area contributed by atoms with E-state index in [1.165, 1.54) is 5.57 Å². The first kappa shape index (κ1) is 10.0. The van der Waals surface area contributed by atoms with Crippen LogP contribution in [0.2, 0.25) is 0 Å². The third kappa shape index (κ3) is 3.66. The van der Waals surface area contributed by atoms with Crippen LogP contribution in [-0.2, 0) is 0 Å². The van der Waals surface area contributed by atoms with Gasteiger partial charge in [0.2, 0.25) is 0 Å². The van der Waals surface area contributed by atoms with Crippen molar-refractivity contribution in [2.24, 2.45) is 5.73 Å². The van der Waals surface area contributed by atoms with Crippen LogP contribution in [0.25, 0.3) is 0 Å². The Morgan fingerprint density at radius 1 is 1.18 bits per heavy atom. The Morgan fingerprint density at radius 2 is 1.64 bits per heavy atom. The summed E-state index contributed by atoms with van der Waals surface area (Å²) in [6.07, 6.45) is 1.96. The number of allylic oxidation sites excluding steroid dienone is 4. The van der Waals surface area contributed by atoms with E-state index in [1.54, 1.807) is 0 Å². The first-order chi connectivity index (χ1) is 4.95. The Labute approximate surface area is 69.3 Å². The van der Waals surface area contributed by atoms with Gasteiger partial charge in [0.1, 0.15) is 0 Å². The van der Waals surface area contributed by atoms with Gasteiger partial charge in [0.25, 0.3) is 0 Å². The molecule has 11 heavy (non-hydrogen) atoms. The molecule has 1 heteroatoms. The van der Waals surface area contributed by atoms with Crippen LogP contribution in [0.5, 0.6) is 0 Å². The maximum atomic E-state index is 5.76. The van der Waals surface area contributed by atoms with Gasteiger partial charge in [-0.3, -0.25) is 0 Å². The first-order valence-corrected chi connectivity index (χ1v) is 3.72. The van der Waals surface area contributed by atoms with Gasteiger partial charge in [-0.1, -0.05) is 17.7 Å². The summed E-state index contributed by atoms with van der Waals surface area (Å²) >= 11 is 0. The summed E-state index contributed by atoms with van der Waals surface area (Å²) in [6, 6.07) is 0. The van der Waals surface area contributed by atoms with Crippen LogP contribution in [0.15, 0.2) is 35.1 Å². The highest BCUT2D eigenvalue weighted by Crippen LogP contribution is 2.10. The van der Waals surface area contributed by atoms with Gasteiger partial charge in [0.05, 0.1) is 0 Å². The summed E-state index contributed by atoms with van der Waals surface area (Å²) in [5, 5.41) is 0. The van der Waals surface area contributed by atoms with E-state index in [-0.39, 0.29) is 0 Å². The topological polar surface area (TPSA) is 26.0 Å². The predicted molar refractivity (Wildman–Crippen MR) is 51.1 cm³/mol. The van der Waals surface area contributed by atoms with Gasteiger partial charge in [-0.25, -0.2) is 0 Å². The largest absolute Gasteiger partial charge is 0.399 e. The molecule has 0 saturated carbocycles. The Bertz CT molecular complexity index is 215. The zero-order valence-electron chi connectivity index (χ0n) is 7.86. The van der Waals surface area contributed by atoms with Crippen molar-refractivity contribution in [1.29, 1.82) is 0 Å². The molecule has 0 aromatic rings. The Hall–Kier alpha value is -0.980. The summed E-state index contributed by atoms with van der Waals surface area (Å²) in [7, 11) is 0. The lowest BCUT2D eigenvalue weighted by Gasteiger charge is -2.02. The molecule has 0 saturated heterocycles. The third-order valence-electron chi connectivity index (χ3n) is 1.52. The highest BCUT2D eigenvalue weighted by atomic mass is 14.6. The monoisotopic (exact) mass is 151 g/mol. The van der Waals surface area contributed by atoms with Gasteiger partial charge >= 0.3 is 0 Å². The molecule has 0 amide bonds. The van der Waals surface area contributed by atoms with Crippen LogP contribution < -0.4 is 5.73 Å². The van der Waals surface area contributed by atoms with E-state index in [4.69, 9.17) is 5.73 Å². The lowest BCUT2D eigenvalue weighted by atomic mass is 10.1. The summed E-state index contributed by atoms with van der Waals surface area (Å²) in [4.78, 5) is 0. The second-order valence-corrected chi connectivity index (χ2v) is 3.08. The van der Waals surface area contributed by atoms with Crippen LogP contribution in [0.1, 0.15) is 27.7 Å². The molecule has 1 nitrogen and oxygen atoms in total. The fourth-order valence-corrected chi connectivity index (χ4v) is 0.666. The van der Waals surface area contributed by atoms with E-state index < -0.39 is 0 Å². The summed E-state index contributed by atoms with van der Waals surface area (Å²) in [5.41, 5.74) is 9.89. The van der Waals surface area contributed by atoms with Gasteiger partial charge in [-0.2, -0.15) is 0 Å². The molecule has 0 fully saturated rings. The van der Waals surface area contributed by atoms with Crippen molar-refractivity contribution >= 4 is 0 Å². The van der Waals surface area contributed by atoms with Gasteiger partial charge < -0.3 is 5.73 Å². The van der Waals surface area contributed by atoms with E-state index >= 15 is 0 Å². The zero-order valence-corrected chi connectivity index (χ0v) is 7.86. The lowest BCUT2D eigenvalue weighted by Crippen LogP contribution is -1.98. The van der Waals surface area contributed by atoms with Gasteiger partial charge in [-0.05, 0) is 39.3 Å². The minimum atomic E-state index is 0.817. The number of hydrogen-bond acceptors (Lipinski definition) is 1. The maximum Gasteiger partial charge on any atom is 0.0345 e. The van der Waals surface area contributed by atoms with Crippen LogP contribution >= 0.6 is 0 Å². The molecule has 0 aliphatic carbocycles. The van der Waals surface area contributed by atoms with Crippen molar-refractivity contribution in [3.8, 4) is 0 Å². The molecule has 0 unspecified atom stereocenters. The standard InChI is InChI=1S/C10H17N/c1-7(2)6-10(11)9(5)8(3)4/h6H,3,11H2,1-2,4-5H3/b10-9+. The fourth-order valence-electron chi connectivity index (χ4n) is 0.666. The number of rotatable bonds is 2. The zero-order chi connectivity index (χ0) is 9.02. The molecular weight excluding hydrogens is 134 g/mol. The normalized spacial score (nSPS) is 12.0. The molecule has 0 aliphatic heterocycles. The Kier molecular flexibility index (Phi) is 3.66. The third-order valence-corrected chi connectivity index (χ3v) is 1.52. The van der Waals surface area contributed by atoms with Gasteiger partial charge in [0, 0.05) is 5.70 Å². The second kappa shape index (κ2) is 4.02. The van der Waals surface area contributed by atoms with Crippen LogP contribution in [-0.4, -0.2) is 0 Å². The number of hydrogen-bond donors (Lipinski definition) is 1. The number of nitrogens with two attached hydrogens (primary N) is 1. The predicted octanol–water partition coefficient (Wildman–Crippen LogP) is 2.76. The first-order valence-electron chi connectivity index (χ1n) is 3.72. The average Bonchev–Trinajstić information content (AvgIpc) is 1.84. The molecule has 0 bridgehead atoms. The molecule has 0 spiro atoms. The summed E-state index contributed by atoms with van der Waals surface area (Å²) < 4.78 is 0. The van der Waals surface area contributed by atoms with Crippen LogP contribution in [0.4, 0.5) is 0 Å². The molecule has 2 N–H and O–H groups in total. The average molecular weight is 151 g/mol. The molecule has 0 aliphatic rings. The minimum Gasteiger partial charge on any atom is -0.399 e. The maximum absolute atomic E-state index is 5.76. The van der Waals surface area contributed by atoms with Crippen LogP contribution in [0, 0.1) is 0 Å². The van der Waals surface area contributed by atoms with E-state index in [0.29, 0.717) is 0 Å².